The third kappa shape index (κ3) is 3.57. The average Bonchev–Trinajstić information content (AvgIpc) is 2.61. The maximum absolute atomic E-state index is 13.7. The Balaban J connectivity index is 1.88. The van der Waals surface area contributed by atoms with Crippen molar-refractivity contribution in [1.29, 1.82) is 0 Å². The Hall–Kier alpha value is -3.02. The van der Waals surface area contributed by atoms with Gasteiger partial charge in [-0.1, -0.05) is 18.2 Å². The molecule has 0 spiro atoms. The van der Waals surface area contributed by atoms with Crippen LogP contribution in [0.2, 0.25) is 0 Å². The van der Waals surface area contributed by atoms with Crippen molar-refractivity contribution in [3.63, 3.8) is 0 Å². The van der Waals surface area contributed by atoms with Crippen LogP contribution in [-0.2, 0) is 11.3 Å². The second-order valence-corrected chi connectivity index (χ2v) is 5.26. The number of halogens is 2. The average molecular weight is 343 g/mol. The quantitative estimate of drug-likeness (QED) is 0.649. The zero-order valence-corrected chi connectivity index (χ0v) is 13.5. The summed E-state index contributed by atoms with van der Waals surface area (Å²) in [6.07, 6.45) is 1.39. The van der Waals surface area contributed by atoms with Crippen LogP contribution < -0.4 is 4.74 Å². The molecule has 1 heterocycles. The lowest BCUT2D eigenvalue weighted by Gasteiger charge is -2.10. The molecule has 0 saturated heterocycles. The van der Waals surface area contributed by atoms with Crippen LogP contribution in [0.25, 0.3) is 10.9 Å². The van der Waals surface area contributed by atoms with Crippen LogP contribution in [0.15, 0.2) is 48.7 Å². The molecule has 1 aromatic heterocycles. The van der Waals surface area contributed by atoms with Crippen molar-refractivity contribution in [2.45, 2.75) is 13.5 Å². The number of hydrogen-bond donors (Lipinski definition) is 0. The minimum Gasteiger partial charge on any atom is -0.486 e. The number of aromatic nitrogens is 1. The monoisotopic (exact) mass is 343 g/mol. The summed E-state index contributed by atoms with van der Waals surface area (Å²) >= 11 is 0. The lowest BCUT2D eigenvalue weighted by atomic mass is 10.1. The van der Waals surface area contributed by atoms with Gasteiger partial charge in [-0.2, -0.15) is 0 Å². The molecule has 3 rings (SSSR count). The molecule has 6 heteroatoms. The van der Waals surface area contributed by atoms with Gasteiger partial charge in [0.05, 0.1) is 17.7 Å². The SMILES string of the molecule is CCOC(=O)c1cnc2c(OCc3c(F)cccc3F)cccc2c1. The number of esters is 1. The zero-order valence-electron chi connectivity index (χ0n) is 13.5. The van der Waals surface area contributed by atoms with Crippen molar-refractivity contribution in [1.82, 2.24) is 4.98 Å². The highest BCUT2D eigenvalue weighted by Gasteiger charge is 2.13. The Morgan fingerprint density at radius 1 is 1.12 bits per heavy atom. The highest BCUT2D eigenvalue weighted by molar-refractivity contribution is 5.95. The molecule has 0 bridgehead atoms. The number of rotatable bonds is 5. The van der Waals surface area contributed by atoms with E-state index in [1.54, 1.807) is 31.2 Å². The highest BCUT2D eigenvalue weighted by atomic mass is 19.1. The summed E-state index contributed by atoms with van der Waals surface area (Å²) < 4.78 is 37.9. The molecule has 3 aromatic rings. The van der Waals surface area contributed by atoms with E-state index in [0.29, 0.717) is 22.2 Å². The van der Waals surface area contributed by atoms with Gasteiger partial charge in [-0.3, -0.25) is 4.98 Å². The van der Waals surface area contributed by atoms with Crippen LogP contribution in [0.4, 0.5) is 8.78 Å². The van der Waals surface area contributed by atoms with Crippen molar-refractivity contribution < 1.29 is 23.0 Å². The first-order valence-corrected chi connectivity index (χ1v) is 7.71. The fourth-order valence-corrected chi connectivity index (χ4v) is 2.40. The van der Waals surface area contributed by atoms with Crippen LogP contribution >= 0.6 is 0 Å². The molecule has 4 nitrogen and oxygen atoms in total. The normalized spacial score (nSPS) is 10.7. The summed E-state index contributed by atoms with van der Waals surface area (Å²) in [5.74, 6) is -1.43. The predicted molar refractivity (Wildman–Crippen MR) is 88.4 cm³/mol. The first-order valence-electron chi connectivity index (χ1n) is 7.71. The van der Waals surface area contributed by atoms with Crippen LogP contribution in [0.5, 0.6) is 5.75 Å². The standard InChI is InChI=1S/C19H15F2NO3/c1-2-24-19(23)13-9-12-5-3-8-17(18(12)22-10-13)25-11-14-15(20)6-4-7-16(14)21/h3-10H,2,11H2,1H3. The first kappa shape index (κ1) is 16.8. The van der Waals surface area contributed by atoms with Gasteiger partial charge in [0.2, 0.25) is 0 Å². The van der Waals surface area contributed by atoms with Crippen LogP contribution in [-0.4, -0.2) is 17.6 Å². The van der Waals surface area contributed by atoms with E-state index in [0.717, 1.165) is 0 Å². The maximum Gasteiger partial charge on any atom is 0.339 e. The molecule has 0 aliphatic rings. The molecular weight excluding hydrogens is 328 g/mol. The van der Waals surface area contributed by atoms with E-state index in [9.17, 15) is 13.6 Å². The van der Waals surface area contributed by atoms with Gasteiger partial charge in [0, 0.05) is 11.6 Å². The summed E-state index contributed by atoms with van der Waals surface area (Å²) in [6.45, 7) is 1.73. The third-order valence-electron chi connectivity index (χ3n) is 3.62. The van der Waals surface area contributed by atoms with Gasteiger partial charge in [0.1, 0.15) is 29.5 Å². The molecule has 0 N–H and O–H groups in total. The number of fused-ring (bicyclic) bond motifs is 1. The number of nitrogens with zero attached hydrogens (tertiary/aromatic N) is 1. The summed E-state index contributed by atoms with van der Waals surface area (Å²) in [6, 6.07) is 10.4. The summed E-state index contributed by atoms with van der Waals surface area (Å²) in [5.41, 5.74) is 0.668. The van der Waals surface area contributed by atoms with E-state index < -0.39 is 17.6 Å². The molecule has 128 valence electrons. The maximum atomic E-state index is 13.7. The topological polar surface area (TPSA) is 48.4 Å². The van der Waals surface area contributed by atoms with Gasteiger partial charge in [-0.05, 0) is 31.2 Å². The van der Waals surface area contributed by atoms with Crippen molar-refractivity contribution in [3.05, 3.63) is 71.4 Å². The van der Waals surface area contributed by atoms with Crippen molar-refractivity contribution in [2.75, 3.05) is 6.61 Å². The van der Waals surface area contributed by atoms with Gasteiger partial charge >= 0.3 is 5.97 Å². The van der Waals surface area contributed by atoms with E-state index in [2.05, 4.69) is 4.98 Å². The molecule has 0 radical (unpaired) electrons. The molecule has 0 saturated carbocycles. The number of carbonyl (C=O) groups is 1. The van der Waals surface area contributed by atoms with Gasteiger partial charge in [0.25, 0.3) is 0 Å². The minimum absolute atomic E-state index is 0.150. The Morgan fingerprint density at radius 3 is 2.56 bits per heavy atom. The second-order valence-electron chi connectivity index (χ2n) is 5.26. The van der Waals surface area contributed by atoms with Crippen LogP contribution in [0, 0.1) is 11.6 Å². The smallest absolute Gasteiger partial charge is 0.339 e. The van der Waals surface area contributed by atoms with Crippen molar-refractivity contribution in [2.24, 2.45) is 0 Å². The van der Waals surface area contributed by atoms with Gasteiger partial charge in [0.15, 0.2) is 0 Å². The number of carbonyl (C=O) groups excluding carboxylic acids is 1. The Labute approximate surface area is 143 Å². The van der Waals surface area contributed by atoms with Gasteiger partial charge in [-0.15, -0.1) is 0 Å². The highest BCUT2D eigenvalue weighted by Crippen LogP contribution is 2.26. The number of pyridine rings is 1. The number of hydrogen-bond acceptors (Lipinski definition) is 4. The molecular formula is C19H15F2NO3. The van der Waals surface area contributed by atoms with E-state index in [1.165, 1.54) is 24.4 Å². The lowest BCUT2D eigenvalue weighted by Crippen LogP contribution is -2.05. The Kier molecular flexibility index (Phi) is 4.88. The van der Waals surface area contributed by atoms with Crippen LogP contribution in [0.3, 0.4) is 0 Å². The summed E-state index contributed by atoms with van der Waals surface area (Å²) in [4.78, 5) is 16.0. The van der Waals surface area contributed by atoms with E-state index in [-0.39, 0.29) is 18.8 Å². The third-order valence-corrected chi connectivity index (χ3v) is 3.62. The molecule has 0 unspecified atom stereocenters. The fourth-order valence-electron chi connectivity index (χ4n) is 2.40. The number of ether oxygens (including phenoxy) is 2. The van der Waals surface area contributed by atoms with Crippen molar-refractivity contribution >= 4 is 16.9 Å². The summed E-state index contributed by atoms with van der Waals surface area (Å²) in [5, 5.41) is 0.664. The molecule has 0 fully saturated rings. The van der Waals surface area contributed by atoms with Gasteiger partial charge < -0.3 is 9.47 Å². The molecule has 0 amide bonds. The minimum atomic E-state index is -0.669. The molecule has 0 aliphatic carbocycles. The zero-order chi connectivity index (χ0) is 17.8. The van der Waals surface area contributed by atoms with Crippen LogP contribution in [0.1, 0.15) is 22.8 Å². The lowest BCUT2D eigenvalue weighted by molar-refractivity contribution is 0.0526. The number of benzene rings is 2. The number of para-hydroxylation sites is 1. The largest absolute Gasteiger partial charge is 0.486 e. The van der Waals surface area contributed by atoms with E-state index in [1.807, 2.05) is 0 Å². The van der Waals surface area contributed by atoms with Gasteiger partial charge in [-0.25, -0.2) is 13.6 Å². The molecule has 0 atom stereocenters. The Bertz CT molecular complexity index is 907. The molecule has 2 aromatic carbocycles. The Morgan fingerprint density at radius 2 is 1.84 bits per heavy atom. The van der Waals surface area contributed by atoms with E-state index >= 15 is 0 Å². The first-order chi connectivity index (χ1) is 12.1. The molecule has 25 heavy (non-hydrogen) atoms. The fraction of sp³-hybridized carbons (Fsp3) is 0.158. The van der Waals surface area contributed by atoms with Crippen molar-refractivity contribution in [3.8, 4) is 5.75 Å². The molecule has 0 aliphatic heterocycles. The van der Waals surface area contributed by atoms with E-state index in [4.69, 9.17) is 9.47 Å². The predicted octanol–water partition coefficient (Wildman–Crippen LogP) is 4.27. The summed E-state index contributed by atoms with van der Waals surface area (Å²) in [7, 11) is 0. The second kappa shape index (κ2) is 7.25.